The molecule has 3 aromatic carbocycles. The van der Waals surface area contributed by atoms with E-state index in [4.69, 9.17) is 9.47 Å². The Labute approximate surface area is 182 Å². The number of ether oxygens (including phenoxy) is 2. The molecule has 0 aliphatic heterocycles. The molecule has 2 N–H and O–H groups in total. The van der Waals surface area contributed by atoms with Crippen LogP contribution in [0, 0.1) is 13.8 Å². The number of rotatable bonds is 7. The Balaban J connectivity index is 1.72. The van der Waals surface area contributed by atoms with E-state index in [2.05, 4.69) is 10.0 Å². The molecule has 0 aromatic heterocycles. The van der Waals surface area contributed by atoms with Crippen LogP contribution in [0.4, 0.5) is 11.4 Å². The Morgan fingerprint density at radius 2 is 1.42 bits per heavy atom. The van der Waals surface area contributed by atoms with Crippen molar-refractivity contribution in [3.05, 3.63) is 77.4 Å². The first-order valence-corrected chi connectivity index (χ1v) is 11.0. The van der Waals surface area contributed by atoms with Crippen molar-refractivity contribution in [1.29, 1.82) is 0 Å². The van der Waals surface area contributed by atoms with E-state index in [0.717, 1.165) is 11.1 Å². The minimum Gasteiger partial charge on any atom is -0.493 e. The zero-order valence-electron chi connectivity index (χ0n) is 17.7. The van der Waals surface area contributed by atoms with Crippen LogP contribution in [-0.4, -0.2) is 28.5 Å². The molecule has 0 atom stereocenters. The highest BCUT2D eigenvalue weighted by molar-refractivity contribution is 7.92. The standard InChI is InChI=1S/C23H24N2O5S/c1-15-5-11-20(13-16(15)2)31(27,28)25-18-8-6-17(7-9-18)23(26)24-19-10-12-21(29-3)22(14-19)30-4/h5-14,25H,1-4H3,(H,24,26). The van der Waals surface area contributed by atoms with Crippen molar-refractivity contribution in [1.82, 2.24) is 0 Å². The van der Waals surface area contributed by atoms with E-state index in [9.17, 15) is 13.2 Å². The zero-order chi connectivity index (χ0) is 22.6. The molecule has 0 aliphatic carbocycles. The Morgan fingerprint density at radius 3 is 2.03 bits per heavy atom. The Hall–Kier alpha value is -3.52. The predicted octanol–water partition coefficient (Wildman–Crippen LogP) is 4.37. The van der Waals surface area contributed by atoms with E-state index in [-0.39, 0.29) is 10.8 Å². The van der Waals surface area contributed by atoms with Gasteiger partial charge in [-0.25, -0.2) is 8.42 Å². The van der Waals surface area contributed by atoms with Crippen molar-refractivity contribution in [2.75, 3.05) is 24.3 Å². The van der Waals surface area contributed by atoms with Crippen LogP contribution in [0.5, 0.6) is 11.5 Å². The number of carbonyl (C=O) groups excluding carboxylic acids is 1. The summed E-state index contributed by atoms with van der Waals surface area (Å²) in [6, 6.07) is 16.2. The molecular weight excluding hydrogens is 416 g/mol. The van der Waals surface area contributed by atoms with Gasteiger partial charge in [0, 0.05) is 23.0 Å². The molecule has 0 radical (unpaired) electrons. The molecule has 1 amide bonds. The van der Waals surface area contributed by atoms with Crippen LogP contribution in [-0.2, 0) is 10.0 Å². The summed E-state index contributed by atoms with van der Waals surface area (Å²) in [4.78, 5) is 12.7. The van der Waals surface area contributed by atoms with Crippen LogP contribution in [0.15, 0.2) is 65.6 Å². The molecule has 0 spiro atoms. The zero-order valence-corrected chi connectivity index (χ0v) is 18.5. The second kappa shape index (κ2) is 9.09. The van der Waals surface area contributed by atoms with Crippen LogP contribution < -0.4 is 19.5 Å². The molecule has 0 unspecified atom stereocenters. The molecule has 0 saturated carbocycles. The minimum absolute atomic E-state index is 0.186. The summed E-state index contributed by atoms with van der Waals surface area (Å²) in [5, 5.41) is 2.78. The number of carbonyl (C=O) groups is 1. The lowest BCUT2D eigenvalue weighted by Crippen LogP contribution is -2.14. The van der Waals surface area contributed by atoms with Crippen molar-refractivity contribution in [3.63, 3.8) is 0 Å². The molecule has 162 valence electrons. The molecule has 31 heavy (non-hydrogen) atoms. The molecule has 7 nitrogen and oxygen atoms in total. The molecule has 0 aliphatic rings. The van der Waals surface area contributed by atoms with Crippen LogP contribution in [0.25, 0.3) is 0 Å². The van der Waals surface area contributed by atoms with Gasteiger partial charge in [-0.15, -0.1) is 0 Å². The molecule has 0 saturated heterocycles. The van der Waals surface area contributed by atoms with Crippen molar-refractivity contribution < 1.29 is 22.7 Å². The number of amides is 1. The number of benzene rings is 3. The number of aryl methyl sites for hydroxylation is 2. The molecule has 0 heterocycles. The normalized spacial score (nSPS) is 11.0. The van der Waals surface area contributed by atoms with Crippen molar-refractivity contribution >= 4 is 27.3 Å². The average Bonchev–Trinajstić information content (AvgIpc) is 2.75. The van der Waals surface area contributed by atoms with Crippen LogP contribution in [0.2, 0.25) is 0 Å². The van der Waals surface area contributed by atoms with Gasteiger partial charge in [-0.3, -0.25) is 9.52 Å². The fraction of sp³-hybridized carbons (Fsp3) is 0.174. The van der Waals surface area contributed by atoms with Crippen LogP contribution in [0.3, 0.4) is 0 Å². The fourth-order valence-corrected chi connectivity index (χ4v) is 4.05. The summed E-state index contributed by atoms with van der Waals surface area (Å²) in [5.74, 6) is 0.716. The van der Waals surface area contributed by atoms with Crippen molar-refractivity contribution in [3.8, 4) is 11.5 Å². The Kier molecular flexibility index (Phi) is 6.50. The minimum atomic E-state index is -3.72. The molecule has 0 fully saturated rings. The number of sulfonamides is 1. The maximum Gasteiger partial charge on any atom is 0.261 e. The summed E-state index contributed by atoms with van der Waals surface area (Å²) in [5.41, 5.74) is 3.20. The monoisotopic (exact) mass is 440 g/mol. The smallest absolute Gasteiger partial charge is 0.261 e. The van der Waals surface area contributed by atoms with Crippen molar-refractivity contribution in [2.45, 2.75) is 18.7 Å². The average molecular weight is 441 g/mol. The lowest BCUT2D eigenvalue weighted by Gasteiger charge is -2.12. The van der Waals surface area contributed by atoms with Gasteiger partial charge in [0.05, 0.1) is 19.1 Å². The van der Waals surface area contributed by atoms with Gasteiger partial charge in [0.25, 0.3) is 15.9 Å². The first kappa shape index (κ1) is 22.2. The van der Waals surface area contributed by atoms with Gasteiger partial charge in [0.1, 0.15) is 0 Å². The first-order valence-electron chi connectivity index (χ1n) is 9.47. The van der Waals surface area contributed by atoms with Crippen LogP contribution >= 0.6 is 0 Å². The Morgan fingerprint density at radius 1 is 0.774 bits per heavy atom. The summed E-state index contributed by atoms with van der Waals surface area (Å²) >= 11 is 0. The topological polar surface area (TPSA) is 93.7 Å². The van der Waals surface area contributed by atoms with E-state index in [0.29, 0.717) is 28.4 Å². The highest BCUT2D eigenvalue weighted by Crippen LogP contribution is 2.30. The SMILES string of the molecule is COc1ccc(NC(=O)c2ccc(NS(=O)(=O)c3ccc(C)c(C)c3)cc2)cc1OC. The molecule has 8 heteroatoms. The van der Waals surface area contributed by atoms with E-state index < -0.39 is 10.0 Å². The van der Waals surface area contributed by atoms with Gasteiger partial charge in [-0.2, -0.15) is 0 Å². The predicted molar refractivity (Wildman–Crippen MR) is 121 cm³/mol. The maximum atomic E-state index is 12.6. The maximum absolute atomic E-state index is 12.6. The summed E-state index contributed by atoms with van der Waals surface area (Å²) in [7, 11) is -0.676. The molecule has 0 bridgehead atoms. The molecule has 3 rings (SSSR count). The van der Waals surface area contributed by atoms with Gasteiger partial charge in [-0.05, 0) is 73.5 Å². The molecular formula is C23H24N2O5S. The third-order valence-corrected chi connectivity index (χ3v) is 6.21. The van der Waals surface area contributed by atoms with Crippen molar-refractivity contribution in [2.24, 2.45) is 0 Å². The number of anilines is 2. The van der Waals surface area contributed by atoms with Gasteiger partial charge >= 0.3 is 0 Å². The third kappa shape index (κ3) is 5.16. The second-order valence-electron chi connectivity index (χ2n) is 6.95. The third-order valence-electron chi connectivity index (χ3n) is 4.83. The highest BCUT2D eigenvalue weighted by atomic mass is 32.2. The van der Waals surface area contributed by atoms with Gasteiger partial charge in [0.2, 0.25) is 0 Å². The lowest BCUT2D eigenvalue weighted by molar-refractivity contribution is 0.102. The summed E-state index contributed by atoms with van der Waals surface area (Å²) in [6.07, 6.45) is 0. The largest absolute Gasteiger partial charge is 0.493 e. The van der Waals surface area contributed by atoms with E-state index in [1.54, 1.807) is 60.7 Å². The first-order chi connectivity index (χ1) is 14.7. The van der Waals surface area contributed by atoms with Crippen LogP contribution in [0.1, 0.15) is 21.5 Å². The summed E-state index contributed by atoms with van der Waals surface area (Å²) in [6.45, 7) is 3.78. The highest BCUT2D eigenvalue weighted by Gasteiger charge is 2.15. The van der Waals surface area contributed by atoms with E-state index in [1.165, 1.54) is 14.2 Å². The van der Waals surface area contributed by atoms with E-state index in [1.807, 2.05) is 13.8 Å². The van der Waals surface area contributed by atoms with Gasteiger partial charge in [0.15, 0.2) is 11.5 Å². The number of nitrogens with one attached hydrogen (secondary N) is 2. The number of hydrogen-bond donors (Lipinski definition) is 2. The van der Waals surface area contributed by atoms with E-state index >= 15 is 0 Å². The fourth-order valence-electron chi connectivity index (χ4n) is 2.90. The number of hydrogen-bond acceptors (Lipinski definition) is 5. The quantitative estimate of drug-likeness (QED) is 0.569. The summed E-state index contributed by atoms with van der Waals surface area (Å²) < 4.78 is 38.2. The molecule has 3 aromatic rings. The number of methoxy groups -OCH3 is 2. The lowest BCUT2D eigenvalue weighted by atomic mass is 10.1. The van der Waals surface area contributed by atoms with Gasteiger partial charge in [-0.1, -0.05) is 6.07 Å². The second-order valence-corrected chi connectivity index (χ2v) is 8.64. The van der Waals surface area contributed by atoms with Gasteiger partial charge < -0.3 is 14.8 Å². The Bertz CT molecular complexity index is 1210.